The van der Waals surface area contributed by atoms with Crippen LogP contribution in [0.25, 0.3) is 0 Å². The SMILES string of the molecule is O=C(Cn1cc(C(F)(F)F)ccc1=O)N(Cc1cccc(F)c1)C1CC1. The molecule has 138 valence electrons. The molecule has 1 amide bonds. The zero-order chi connectivity index (χ0) is 18.9. The van der Waals surface area contributed by atoms with E-state index in [-0.39, 0.29) is 12.6 Å². The van der Waals surface area contributed by atoms with Crippen LogP contribution in [0, 0.1) is 5.82 Å². The zero-order valence-electron chi connectivity index (χ0n) is 13.7. The topological polar surface area (TPSA) is 42.3 Å². The van der Waals surface area contributed by atoms with Crippen molar-refractivity contribution in [3.63, 3.8) is 0 Å². The van der Waals surface area contributed by atoms with E-state index in [2.05, 4.69) is 0 Å². The van der Waals surface area contributed by atoms with Crippen molar-refractivity contribution < 1.29 is 22.4 Å². The van der Waals surface area contributed by atoms with Crippen LogP contribution in [0.2, 0.25) is 0 Å². The predicted molar refractivity (Wildman–Crippen MR) is 85.7 cm³/mol. The van der Waals surface area contributed by atoms with E-state index < -0.39 is 35.6 Å². The van der Waals surface area contributed by atoms with E-state index in [4.69, 9.17) is 0 Å². The molecule has 0 N–H and O–H groups in total. The van der Waals surface area contributed by atoms with Gasteiger partial charge in [0.05, 0.1) is 5.56 Å². The molecule has 1 fully saturated rings. The van der Waals surface area contributed by atoms with Crippen LogP contribution in [0.15, 0.2) is 47.4 Å². The van der Waals surface area contributed by atoms with Gasteiger partial charge < -0.3 is 9.47 Å². The largest absolute Gasteiger partial charge is 0.417 e. The van der Waals surface area contributed by atoms with Gasteiger partial charge in [-0.25, -0.2) is 4.39 Å². The number of rotatable bonds is 5. The molecule has 1 aromatic carbocycles. The molecule has 1 aliphatic rings. The number of pyridine rings is 1. The number of alkyl halides is 3. The number of hydrogen-bond acceptors (Lipinski definition) is 2. The maximum atomic E-state index is 13.3. The fourth-order valence-electron chi connectivity index (χ4n) is 2.70. The highest BCUT2D eigenvalue weighted by molar-refractivity contribution is 5.76. The van der Waals surface area contributed by atoms with Gasteiger partial charge in [0.1, 0.15) is 12.4 Å². The molecule has 0 unspecified atom stereocenters. The van der Waals surface area contributed by atoms with Crippen LogP contribution < -0.4 is 5.56 Å². The van der Waals surface area contributed by atoms with Gasteiger partial charge in [0.25, 0.3) is 5.56 Å². The average molecular weight is 368 g/mol. The number of aromatic nitrogens is 1. The van der Waals surface area contributed by atoms with Crippen molar-refractivity contribution >= 4 is 5.91 Å². The van der Waals surface area contributed by atoms with E-state index in [0.717, 1.165) is 23.5 Å². The molecule has 8 heteroatoms. The number of carbonyl (C=O) groups is 1. The third kappa shape index (κ3) is 4.30. The van der Waals surface area contributed by atoms with Crippen molar-refractivity contribution in [3.05, 3.63) is 69.9 Å². The average Bonchev–Trinajstić information content (AvgIpc) is 3.38. The summed E-state index contributed by atoms with van der Waals surface area (Å²) in [5.41, 5.74) is -1.09. The minimum atomic E-state index is -4.60. The minimum absolute atomic E-state index is 0.0349. The second-order valence-corrected chi connectivity index (χ2v) is 6.26. The lowest BCUT2D eigenvalue weighted by Gasteiger charge is -2.23. The molecule has 0 aliphatic heterocycles. The smallest absolute Gasteiger partial charge is 0.334 e. The second-order valence-electron chi connectivity index (χ2n) is 6.26. The van der Waals surface area contributed by atoms with Crippen molar-refractivity contribution in [1.29, 1.82) is 0 Å². The summed E-state index contributed by atoms with van der Waals surface area (Å²) in [7, 11) is 0. The first-order valence-electron chi connectivity index (χ1n) is 8.05. The Labute approximate surface area is 146 Å². The van der Waals surface area contributed by atoms with Crippen molar-refractivity contribution in [1.82, 2.24) is 9.47 Å². The van der Waals surface area contributed by atoms with Crippen LogP contribution in [0.5, 0.6) is 0 Å². The molecule has 26 heavy (non-hydrogen) atoms. The summed E-state index contributed by atoms with van der Waals surface area (Å²) in [5, 5.41) is 0. The molecule has 0 bridgehead atoms. The quantitative estimate of drug-likeness (QED) is 0.761. The summed E-state index contributed by atoms with van der Waals surface area (Å²) in [5.74, 6) is -0.905. The van der Waals surface area contributed by atoms with E-state index >= 15 is 0 Å². The Balaban J connectivity index is 1.80. The van der Waals surface area contributed by atoms with Crippen LogP contribution in [-0.2, 0) is 24.1 Å². The van der Waals surface area contributed by atoms with Crippen molar-refractivity contribution in [2.24, 2.45) is 0 Å². The third-order valence-corrected chi connectivity index (χ3v) is 4.17. The van der Waals surface area contributed by atoms with E-state index in [1.807, 2.05) is 0 Å². The predicted octanol–water partition coefficient (Wildman–Crippen LogP) is 3.20. The Bertz CT molecular complexity index is 872. The maximum absolute atomic E-state index is 13.3. The van der Waals surface area contributed by atoms with Crippen LogP contribution >= 0.6 is 0 Å². The van der Waals surface area contributed by atoms with Crippen molar-refractivity contribution in [2.75, 3.05) is 0 Å². The highest BCUT2D eigenvalue weighted by Gasteiger charge is 2.34. The van der Waals surface area contributed by atoms with E-state index in [1.54, 1.807) is 6.07 Å². The van der Waals surface area contributed by atoms with Gasteiger partial charge in [0.2, 0.25) is 5.91 Å². The van der Waals surface area contributed by atoms with Crippen LogP contribution in [0.4, 0.5) is 17.6 Å². The lowest BCUT2D eigenvalue weighted by Crippen LogP contribution is -2.37. The van der Waals surface area contributed by atoms with Gasteiger partial charge in [-0.15, -0.1) is 0 Å². The number of carbonyl (C=O) groups excluding carboxylic acids is 1. The van der Waals surface area contributed by atoms with Crippen molar-refractivity contribution in [3.8, 4) is 0 Å². The number of benzene rings is 1. The lowest BCUT2D eigenvalue weighted by atomic mass is 10.2. The van der Waals surface area contributed by atoms with E-state index in [9.17, 15) is 27.2 Å². The Morgan fingerprint density at radius 1 is 1.19 bits per heavy atom. The summed E-state index contributed by atoms with van der Waals surface area (Å²) in [6, 6.07) is 7.24. The Morgan fingerprint density at radius 3 is 2.54 bits per heavy atom. The Kier molecular flexibility index (Phi) is 4.84. The van der Waals surface area contributed by atoms with Gasteiger partial charge >= 0.3 is 6.18 Å². The first-order valence-corrected chi connectivity index (χ1v) is 8.05. The third-order valence-electron chi connectivity index (χ3n) is 4.17. The summed E-state index contributed by atoms with van der Waals surface area (Å²) in [6.45, 7) is -0.344. The molecule has 1 saturated carbocycles. The summed E-state index contributed by atoms with van der Waals surface area (Å²) >= 11 is 0. The van der Waals surface area contributed by atoms with E-state index in [1.165, 1.54) is 23.1 Å². The zero-order valence-corrected chi connectivity index (χ0v) is 13.7. The van der Waals surface area contributed by atoms with Crippen LogP contribution in [-0.4, -0.2) is 21.4 Å². The highest BCUT2D eigenvalue weighted by atomic mass is 19.4. The minimum Gasteiger partial charge on any atom is -0.334 e. The van der Waals surface area contributed by atoms with Gasteiger partial charge in [-0.2, -0.15) is 13.2 Å². The Hall–Kier alpha value is -2.64. The molecule has 0 atom stereocenters. The van der Waals surface area contributed by atoms with Crippen LogP contribution in [0.1, 0.15) is 24.0 Å². The maximum Gasteiger partial charge on any atom is 0.417 e. The summed E-state index contributed by atoms with van der Waals surface area (Å²) in [6.07, 6.45) is -2.40. The number of amides is 1. The van der Waals surface area contributed by atoms with Gasteiger partial charge in [-0.1, -0.05) is 12.1 Å². The molecule has 0 saturated heterocycles. The molecular weight excluding hydrogens is 352 g/mol. The standard InChI is InChI=1S/C18H16F4N2O2/c19-14-3-1-2-12(8-14)9-24(15-5-6-15)17(26)11-23-10-13(18(20,21)22)4-7-16(23)25/h1-4,7-8,10,15H,5-6,9,11H2. The van der Waals surface area contributed by atoms with Gasteiger partial charge in [0.15, 0.2) is 0 Å². The number of hydrogen-bond donors (Lipinski definition) is 0. The fourth-order valence-corrected chi connectivity index (χ4v) is 2.70. The first kappa shape index (κ1) is 18.2. The molecule has 1 aliphatic carbocycles. The number of halogens is 4. The molecule has 4 nitrogen and oxygen atoms in total. The van der Waals surface area contributed by atoms with Gasteiger partial charge in [-0.05, 0) is 36.6 Å². The summed E-state index contributed by atoms with van der Waals surface area (Å²) in [4.78, 5) is 25.9. The molecule has 0 spiro atoms. The first-order chi connectivity index (χ1) is 12.2. The normalized spacial score (nSPS) is 14.3. The van der Waals surface area contributed by atoms with Gasteiger partial charge in [-0.3, -0.25) is 9.59 Å². The van der Waals surface area contributed by atoms with E-state index in [0.29, 0.717) is 17.8 Å². The fraction of sp³-hybridized carbons (Fsp3) is 0.333. The molecule has 2 aromatic rings. The Morgan fingerprint density at radius 2 is 1.92 bits per heavy atom. The molecule has 3 rings (SSSR count). The molecule has 0 radical (unpaired) electrons. The van der Waals surface area contributed by atoms with Crippen molar-refractivity contribution in [2.45, 2.75) is 38.1 Å². The molecule has 1 heterocycles. The highest BCUT2D eigenvalue weighted by Crippen LogP contribution is 2.30. The second kappa shape index (κ2) is 6.93. The summed E-state index contributed by atoms with van der Waals surface area (Å²) < 4.78 is 52.5. The monoisotopic (exact) mass is 368 g/mol. The molecular formula is C18H16F4N2O2. The number of nitrogens with zero attached hydrogens (tertiary/aromatic N) is 2. The van der Waals surface area contributed by atoms with Crippen LogP contribution in [0.3, 0.4) is 0 Å². The van der Waals surface area contributed by atoms with Gasteiger partial charge in [0, 0.05) is 24.8 Å². The lowest BCUT2D eigenvalue weighted by molar-refractivity contribution is -0.139. The molecule has 1 aromatic heterocycles.